The molecule has 23 heavy (non-hydrogen) atoms. The average Bonchev–Trinajstić information content (AvgIpc) is 2.39. The van der Waals surface area contributed by atoms with Crippen molar-refractivity contribution in [2.45, 2.75) is 27.2 Å². The number of methoxy groups -OCH3 is 1. The Morgan fingerprint density at radius 3 is 2.13 bits per heavy atom. The molecule has 0 aromatic rings. The molecule has 0 fully saturated rings. The molecule has 5 N–H and O–H groups in total. The Labute approximate surface area is 137 Å². The summed E-state index contributed by atoms with van der Waals surface area (Å²) >= 11 is 0. The Balaban J connectivity index is 4.79. The zero-order chi connectivity index (χ0) is 18.0. The number of amides is 3. The lowest BCUT2D eigenvalue weighted by Crippen LogP contribution is -2.48. The van der Waals surface area contributed by atoms with Crippen LogP contribution in [0, 0.1) is 17.3 Å². The molecule has 8 heteroatoms. The molecule has 0 heterocycles. The van der Waals surface area contributed by atoms with Crippen LogP contribution in [0.5, 0.6) is 0 Å². The fraction of sp³-hybridized carbons (Fsp3) is 0.800. The van der Waals surface area contributed by atoms with E-state index in [1.165, 1.54) is 0 Å². The zero-order valence-electron chi connectivity index (χ0n) is 14.4. The van der Waals surface area contributed by atoms with Crippen LogP contribution in [0.3, 0.4) is 0 Å². The molecular formula is C15H29N3O5. The SMILES string of the molecule is COCCOCCNC(=O)[C@@H](C(CC(N)=O)C(N)=O)C(C)(C)C. The highest BCUT2D eigenvalue weighted by Crippen LogP contribution is 2.34. The van der Waals surface area contributed by atoms with Gasteiger partial charge in [-0.25, -0.2) is 0 Å². The molecule has 3 amide bonds. The quantitative estimate of drug-likeness (QED) is 0.435. The van der Waals surface area contributed by atoms with E-state index in [4.69, 9.17) is 20.9 Å². The highest BCUT2D eigenvalue weighted by atomic mass is 16.5. The number of hydrogen-bond acceptors (Lipinski definition) is 5. The van der Waals surface area contributed by atoms with E-state index in [9.17, 15) is 14.4 Å². The van der Waals surface area contributed by atoms with E-state index >= 15 is 0 Å². The molecule has 2 atom stereocenters. The molecule has 0 aliphatic rings. The molecule has 0 saturated carbocycles. The fourth-order valence-corrected chi connectivity index (χ4v) is 2.38. The van der Waals surface area contributed by atoms with Crippen molar-refractivity contribution in [2.75, 3.05) is 33.5 Å². The summed E-state index contributed by atoms with van der Waals surface area (Å²) in [4.78, 5) is 35.3. The van der Waals surface area contributed by atoms with Crippen molar-refractivity contribution in [3.05, 3.63) is 0 Å². The Kier molecular flexibility index (Phi) is 9.43. The molecule has 0 aromatic carbocycles. The molecule has 0 spiro atoms. The van der Waals surface area contributed by atoms with Crippen LogP contribution >= 0.6 is 0 Å². The van der Waals surface area contributed by atoms with Gasteiger partial charge in [-0.3, -0.25) is 14.4 Å². The van der Waals surface area contributed by atoms with Crippen molar-refractivity contribution < 1.29 is 23.9 Å². The average molecular weight is 331 g/mol. The summed E-state index contributed by atoms with van der Waals surface area (Å²) in [5.74, 6) is -3.43. The van der Waals surface area contributed by atoms with Gasteiger partial charge in [0, 0.05) is 20.1 Å². The minimum Gasteiger partial charge on any atom is -0.382 e. The first-order chi connectivity index (χ1) is 10.6. The number of carbonyl (C=O) groups is 3. The molecule has 0 aliphatic heterocycles. The van der Waals surface area contributed by atoms with Gasteiger partial charge in [0.25, 0.3) is 0 Å². The normalized spacial score (nSPS) is 14.1. The minimum atomic E-state index is -0.943. The van der Waals surface area contributed by atoms with Crippen molar-refractivity contribution in [1.82, 2.24) is 5.32 Å². The first kappa shape index (κ1) is 21.3. The summed E-state index contributed by atoms with van der Waals surface area (Å²) in [5, 5.41) is 2.71. The van der Waals surface area contributed by atoms with Crippen molar-refractivity contribution >= 4 is 17.7 Å². The largest absolute Gasteiger partial charge is 0.382 e. The molecule has 0 aliphatic carbocycles. The van der Waals surface area contributed by atoms with Gasteiger partial charge >= 0.3 is 0 Å². The van der Waals surface area contributed by atoms with E-state index in [0.29, 0.717) is 19.8 Å². The highest BCUT2D eigenvalue weighted by molar-refractivity contribution is 5.90. The molecule has 134 valence electrons. The summed E-state index contributed by atoms with van der Waals surface area (Å²) in [6.07, 6.45) is -0.255. The van der Waals surface area contributed by atoms with E-state index in [1.54, 1.807) is 7.11 Å². The second-order valence-corrected chi connectivity index (χ2v) is 6.42. The summed E-state index contributed by atoms with van der Waals surface area (Å²) in [7, 11) is 1.57. The number of nitrogens with two attached hydrogens (primary N) is 2. The monoisotopic (exact) mass is 331 g/mol. The Morgan fingerprint density at radius 1 is 1.09 bits per heavy atom. The second-order valence-electron chi connectivity index (χ2n) is 6.42. The number of nitrogens with one attached hydrogen (secondary N) is 1. The van der Waals surface area contributed by atoms with Crippen LogP contribution in [-0.4, -0.2) is 51.2 Å². The summed E-state index contributed by atoms with van der Waals surface area (Å²) < 4.78 is 10.1. The van der Waals surface area contributed by atoms with Gasteiger partial charge in [0.1, 0.15) is 0 Å². The standard InChI is InChI=1S/C15H29N3O5/c1-15(2,3)12(10(13(17)20)9-11(16)19)14(21)18-5-6-23-8-7-22-4/h10,12H,5-9H2,1-4H3,(H2,16,19)(H2,17,20)(H,18,21)/t10?,12-/m1/s1. The lowest BCUT2D eigenvalue weighted by Gasteiger charge is -2.34. The van der Waals surface area contributed by atoms with Crippen LogP contribution in [0.4, 0.5) is 0 Å². The molecule has 0 saturated heterocycles. The lowest BCUT2D eigenvalue weighted by molar-refractivity contribution is -0.139. The van der Waals surface area contributed by atoms with Gasteiger partial charge in [-0.2, -0.15) is 0 Å². The van der Waals surface area contributed by atoms with Crippen LogP contribution in [0.2, 0.25) is 0 Å². The van der Waals surface area contributed by atoms with Gasteiger partial charge in [0.2, 0.25) is 17.7 Å². The molecule has 0 bridgehead atoms. The maximum Gasteiger partial charge on any atom is 0.224 e. The Hall–Kier alpha value is -1.67. The topological polar surface area (TPSA) is 134 Å². The van der Waals surface area contributed by atoms with Crippen LogP contribution in [0.15, 0.2) is 0 Å². The second kappa shape index (κ2) is 10.2. The summed E-state index contributed by atoms with van der Waals surface area (Å²) in [6, 6.07) is 0. The van der Waals surface area contributed by atoms with Crippen LogP contribution in [0.25, 0.3) is 0 Å². The van der Waals surface area contributed by atoms with Gasteiger partial charge in [0.05, 0.1) is 31.7 Å². The van der Waals surface area contributed by atoms with E-state index in [-0.39, 0.29) is 18.9 Å². The highest BCUT2D eigenvalue weighted by Gasteiger charge is 2.41. The Morgan fingerprint density at radius 2 is 1.70 bits per heavy atom. The van der Waals surface area contributed by atoms with Crippen LogP contribution < -0.4 is 16.8 Å². The first-order valence-corrected chi connectivity index (χ1v) is 7.53. The maximum absolute atomic E-state index is 12.5. The number of rotatable bonds is 11. The number of hydrogen-bond donors (Lipinski definition) is 3. The molecule has 8 nitrogen and oxygen atoms in total. The molecular weight excluding hydrogens is 302 g/mol. The summed E-state index contributed by atoms with van der Waals surface area (Å²) in [6.45, 7) is 6.94. The van der Waals surface area contributed by atoms with E-state index < -0.39 is 29.1 Å². The van der Waals surface area contributed by atoms with E-state index in [1.807, 2.05) is 20.8 Å². The molecule has 0 aromatic heterocycles. The van der Waals surface area contributed by atoms with Crippen molar-refractivity contribution in [1.29, 1.82) is 0 Å². The summed E-state index contributed by atoms with van der Waals surface area (Å²) in [5.41, 5.74) is 9.98. The van der Waals surface area contributed by atoms with Crippen LogP contribution in [-0.2, 0) is 23.9 Å². The van der Waals surface area contributed by atoms with Gasteiger partial charge < -0.3 is 26.3 Å². The van der Waals surface area contributed by atoms with Gasteiger partial charge in [-0.15, -0.1) is 0 Å². The van der Waals surface area contributed by atoms with Gasteiger partial charge in [-0.1, -0.05) is 20.8 Å². The van der Waals surface area contributed by atoms with Crippen molar-refractivity contribution in [3.8, 4) is 0 Å². The predicted molar refractivity (Wildman–Crippen MR) is 85.1 cm³/mol. The van der Waals surface area contributed by atoms with E-state index in [0.717, 1.165) is 0 Å². The zero-order valence-corrected chi connectivity index (χ0v) is 14.4. The number of ether oxygens (including phenoxy) is 2. The van der Waals surface area contributed by atoms with Crippen LogP contribution in [0.1, 0.15) is 27.2 Å². The van der Waals surface area contributed by atoms with Gasteiger partial charge in [-0.05, 0) is 5.41 Å². The fourth-order valence-electron chi connectivity index (χ4n) is 2.38. The third-order valence-electron chi connectivity index (χ3n) is 3.38. The van der Waals surface area contributed by atoms with Crippen molar-refractivity contribution in [3.63, 3.8) is 0 Å². The molecule has 1 unspecified atom stereocenters. The van der Waals surface area contributed by atoms with Gasteiger partial charge in [0.15, 0.2) is 0 Å². The maximum atomic E-state index is 12.5. The minimum absolute atomic E-state index is 0.255. The molecule has 0 rings (SSSR count). The van der Waals surface area contributed by atoms with Crippen molar-refractivity contribution in [2.24, 2.45) is 28.7 Å². The lowest BCUT2D eigenvalue weighted by atomic mass is 9.71. The van der Waals surface area contributed by atoms with E-state index in [2.05, 4.69) is 5.32 Å². The third kappa shape index (κ3) is 8.51. The predicted octanol–water partition coefficient (Wildman–Crippen LogP) is -0.595. The smallest absolute Gasteiger partial charge is 0.224 e. The Bertz CT molecular complexity index is 406. The molecule has 0 radical (unpaired) electrons. The first-order valence-electron chi connectivity index (χ1n) is 7.53. The third-order valence-corrected chi connectivity index (χ3v) is 3.38. The number of carbonyl (C=O) groups excluding carboxylic acids is 3. The number of primary amides is 2.